The molecule has 0 aliphatic carbocycles. The average Bonchev–Trinajstić information content (AvgIpc) is 2.38. The standard InChI is InChI=1S/C14H19N3S/c1-10(16-3)11-5-4-6-12(9-11)14(2)7-8-18-13(15)17-14/h4-6,9H,7-8H2,1-3H3,(H2,15,17). The van der Waals surface area contributed by atoms with E-state index < -0.39 is 0 Å². The third kappa shape index (κ3) is 2.58. The van der Waals surface area contributed by atoms with E-state index in [4.69, 9.17) is 5.73 Å². The first-order valence-electron chi connectivity index (χ1n) is 6.07. The van der Waals surface area contributed by atoms with Gasteiger partial charge in [-0.1, -0.05) is 30.0 Å². The Morgan fingerprint density at radius 2 is 2.28 bits per heavy atom. The molecule has 1 aliphatic rings. The molecule has 3 nitrogen and oxygen atoms in total. The van der Waals surface area contributed by atoms with Crippen molar-refractivity contribution in [3.05, 3.63) is 35.4 Å². The number of nitrogens with two attached hydrogens (primary N) is 1. The van der Waals surface area contributed by atoms with Gasteiger partial charge in [-0.3, -0.25) is 9.98 Å². The molecule has 1 aliphatic heterocycles. The van der Waals surface area contributed by atoms with Crippen molar-refractivity contribution in [3.8, 4) is 0 Å². The zero-order valence-corrected chi connectivity index (χ0v) is 11.9. The van der Waals surface area contributed by atoms with Crippen LogP contribution in [-0.2, 0) is 5.54 Å². The highest BCUT2D eigenvalue weighted by Crippen LogP contribution is 2.35. The van der Waals surface area contributed by atoms with Gasteiger partial charge in [0.25, 0.3) is 0 Å². The summed E-state index contributed by atoms with van der Waals surface area (Å²) in [6, 6.07) is 8.45. The molecule has 2 N–H and O–H groups in total. The highest BCUT2D eigenvalue weighted by Gasteiger charge is 2.29. The van der Waals surface area contributed by atoms with Gasteiger partial charge < -0.3 is 5.73 Å². The van der Waals surface area contributed by atoms with Gasteiger partial charge in [0.2, 0.25) is 0 Å². The molecule has 0 aromatic heterocycles. The fraction of sp³-hybridized carbons (Fsp3) is 0.429. The van der Waals surface area contributed by atoms with E-state index in [9.17, 15) is 0 Å². The van der Waals surface area contributed by atoms with Crippen LogP contribution in [-0.4, -0.2) is 23.7 Å². The minimum absolute atomic E-state index is 0.195. The summed E-state index contributed by atoms with van der Waals surface area (Å²) in [4.78, 5) is 8.86. The van der Waals surface area contributed by atoms with Gasteiger partial charge in [0, 0.05) is 18.5 Å². The van der Waals surface area contributed by atoms with Crippen molar-refractivity contribution in [1.29, 1.82) is 0 Å². The van der Waals surface area contributed by atoms with Gasteiger partial charge in [-0.05, 0) is 37.5 Å². The minimum atomic E-state index is -0.195. The van der Waals surface area contributed by atoms with Crippen LogP contribution in [0.4, 0.5) is 0 Å². The van der Waals surface area contributed by atoms with Gasteiger partial charge >= 0.3 is 0 Å². The lowest BCUT2D eigenvalue weighted by Crippen LogP contribution is -2.28. The van der Waals surface area contributed by atoms with Gasteiger partial charge in [-0.15, -0.1) is 0 Å². The van der Waals surface area contributed by atoms with Crippen molar-refractivity contribution >= 4 is 22.6 Å². The molecule has 1 aromatic rings. The summed E-state index contributed by atoms with van der Waals surface area (Å²) in [5.41, 5.74) is 9.08. The normalized spacial score (nSPS) is 24.8. The third-order valence-electron chi connectivity index (χ3n) is 3.43. The van der Waals surface area contributed by atoms with Crippen molar-refractivity contribution in [2.24, 2.45) is 15.7 Å². The van der Waals surface area contributed by atoms with Crippen molar-refractivity contribution in [1.82, 2.24) is 0 Å². The van der Waals surface area contributed by atoms with E-state index in [1.165, 1.54) is 5.56 Å². The number of hydrogen-bond acceptors (Lipinski definition) is 4. The van der Waals surface area contributed by atoms with Crippen molar-refractivity contribution in [3.63, 3.8) is 0 Å². The Morgan fingerprint density at radius 3 is 2.94 bits per heavy atom. The number of nitrogens with zero attached hydrogens (tertiary/aromatic N) is 2. The Morgan fingerprint density at radius 1 is 1.50 bits per heavy atom. The quantitative estimate of drug-likeness (QED) is 0.832. The molecule has 1 aromatic carbocycles. The fourth-order valence-corrected chi connectivity index (χ4v) is 3.08. The largest absolute Gasteiger partial charge is 0.379 e. The zero-order chi connectivity index (χ0) is 13.2. The maximum atomic E-state index is 5.86. The van der Waals surface area contributed by atoms with Gasteiger partial charge in [-0.2, -0.15) is 0 Å². The molecule has 1 heterocycles. The SMILES string of the molecule is CN=C(C)c1cccc(C2(C)CCSC(N)=N2)c1. The second-order valence-electron chi connectivity index (χ2n) is 4.71. The van der Waals surface area contributed by atoms with E-state index in [1.54, 1.807) is 11.8 Å². The molecule has 1 unspecified atom stereocenters. The lowest BCUT2D eigenvalue weighted by atomic mass is 9.88. The van der Waals surface area contributed by atoms with Crippen LogP contribution in [0.3, 0.4) is 0 Å². The zero-order valence-electron chi connectivity index (χ0n) is 11.1. The second-order valence-corrected chi connectivity index (χ2v) is 5.83. The van der Waals surface area contributed by atoms with E-state index in [1.807, 2.05) is 14.0 Å². The van der Waals surface area contributed by atoms with Gasteiger partial charge in [0.05, 0.1) is 5.54 Å². The molecule has 2 rings (SSSR count). The number of hydrogen-bond donors (Lipinski definition) is 1. The maximum absolute atomic E-state index is 5.86. The molecular weight excluding hydrogens is 242 g/mol. The molecule has 0 saturated carbocycles. The van der Waals surface area contributed by atoms with Crippen LogP contribution < -0.4 is 5.73 Å². The van der Waals surface area contributed by atoms with Crippen LogP contribution in [0.5, 0.6) is 0 Å². The summed E-state index contributed by atoms with van der Waals surface area (Å²) in [5, 5.41) is 0.690. The van der Waals surface area contributed by atoms with Gasteiger partial charge in [-0.25, -0.2) is 0 Å². The third-order valence-corrected chi connectivity index (χ3v) is 4.23. The van der Waals surface area contributed by atoms with Crippen molar-refractivity contribution in [2.45, 2.75) is 25.8 Å². The predicted octanol–water partition coefficient (Wildman–Crippen LogP) is 2.79. The van der Waals surface area contributed by atoms with Gasteiger partial charge in [0.1, 0.15) is 0 Å². The van der Waals surface area contributed by atoms with Crippen LogP contribution in [0.2, 0.25) is 0 Å². The molecular formula is C14H19N3S. The molecule has 96 valence electrons. The summed E-state index contributed by atoms with van der Waals surface area (Å²) in [5.74, 6) is 1.02. The lowest BCUT2D eigenvalue weighted by molar-refractivity contribution is 0.482. The Hall–Kier alpha value is -1.29. The summed E-state index contributed by atoms with van der Waals surface area (Å²) in [6.45, 7) is 4.17. The summed E-state index contributed by atoms with van der Waals surface area (Å²) >= 11 is 1.63. The second kappa shape index (κ2) is 5.14. The summed E-state index contributed by atoms with van der Waals surface area (Å²) in [6.07, 6.45) is 1.02. The van der Waals surface area contributed by atoms with Crippen LogP contribution in [0, 0.1) is 0 Å². The Kier molecular flexibility index (Phi) is 3.76. The number of aliphatic imine (C=N–C) groups is 2. The van der Waals surface area contributed by atoms with Crippen LogP contribution >= 0.6 is 11.8 Å². The van der Waals surface area contributed by atoms with E-state index in [0.717, 1.165) is 23.4 Å². The first-order chi connectivity index (χ1) is 8.55. The Bertz CT molecular complexity index is 508. The molecule has 0 spiro atoms. The monoisotopic (exact) mass is 261 g/mol. The first kappa shape index (κ1) is 13.1. The topological polar surface area (TPSA) is 50.7 Å². The predicted molar refractivity (Wildman–Crippen MR) is 80.6 cm³/mol. The van der Waals surface area contributed by atoms with Crippen molar-refractivity contribution < 1.29 is 0 Å². The molecule has 0 fully saturated rings. The lowest BCUT2D eigenvalue weighted by Gasteiger charge is -2.30. The van der Waals surface area contributed by atoms with Gasteiger partial charge in [0.15, 0.2) is 5.17 Å². The summed E-state index contributed by atoms with van der Waals surface area (Å²) in [7, 11) is 1.82. The number of benzene rings is 1. The molecule has 0 amide bonds. The summed E-state index contributed by atoms with van der Waals surface area (Å²) < 4.78 is 0. The number of rotatable bonds is 2. The molecule has 0 saturated heterocycles. The first-order valence-corrected chi connectivity index (χ1v) is 7.06. The van der Waals surface area contributed by atoms with E-state index in [-0.39, 0.29) is 5.54 Å². The van der Waals surface area contributed by atoms with E-state index in [2.05, 4.69) is 41.2 Å². The molecule has 0 radical (unpaired) electrons. The molecule has 18 heavy (non-hydrogen) atoms. The molecule has 1 atom stereocenters. The Balaban J connectivity index is 2.42. The maximum Gasteiger partial charge on any atom is 0.154 e. The van der Waals surface area contributed by atoms with E-state index in [0.29, 0.717) is 5.17 Å². The highest BCUT2D eigenvalue weighted by atomic mass is 32.2. The van der Waals surface area contributed by atoms with Crippen LogP contribution in [0.1, 0.15) is 31.4 Å². The number of amidine groups is 1. The van der Waals surface area contributed by atoms with Crippen LogP contribution in [0.15, 0.2) is 34.3 Å². The average molecular weight is 261 g/mol. The van der Waals surface area contributed by atoms with E-state index >= 15 is 0 Å². The minimum Gasteiger partial charge on any atom is -0.379 e. The van der Waals surface area contributed by atoms with Crippen molar-refractivity contribution in [2.75, 3.05) is 12.8 Å². The Labute approximate surface area is 113 Å². The number of thioether (sulfide) groups is 1. The fourth-order valence-electron chi connectivity index (χ4n) is 2.10. The van der Waals surface area contributed by atoms with Crippen LogP contribution in [0.25, 0.3) is 0 Å². The highest BCUT2D eigenvalue weighted by molar-refractivity contribution is 8.13. The smallest absolute Gasteiger partial charge is 0.154 e. The molecule has 0 bridgehead atoms. The molecule has 4 heteroatoms.